The van der Waals surface area contributed by atoms with Crippen LogP contribution in [-0.4, -0.2) is 30.2 Å². The van der Waals surface area contributed by atoms with Crippen LogP contribution in [0.15, 0.2) is 17.0 Å². The number of aromatic nitrogens is 2. The molecule has 2 aromatic heterocycles. The lowest BCUT2D eigenvalue weighted by Gasteiger charge is -2.16. The highest BCUT2D eigenvalue weighted by molar-refractivity contribution is 7.11. The molecule has 2 rings (SSSR count). The zero-order chi connectivity index (χ0) is 14.6. The fourth-order valence-corrected chi connectivity index (χ4v) is 3.64. The minimum atomic E-state index is 0.0613. The number of ether oxygens (including phenoxy) is 1. The van der Waals surface area contributed by atoms with E-state index in [1.807, 2.05) is 11.6 Å². The first-order valence-electron chi connectivity index (χ1n) is 6.60. The lowest BCUT2D eigenvalue weighted by atomic mass is 9.93. The molecule has 0 bridgehead atoms. The van der Waals surface area contributed by atoms with Gasteiger partial charge in [-0.2, -0.15) is 0 Å². The lowest BCUT2D eigenvalue weighted by Crippen LogP contribution is -2.26. The Hall–Kier alpha value is -0.820. The monoisotopic (exact) mass is 311 g/mol. The molecule has 0 aromatic carbocycles. The third kappa shape index (κ3) is 3.85. The number of thiazole rings is 2. The molecular weight excluding hydrogens is 290 g/mol. The number of methoxy groups -OCH3 is 1. The second-order valence-corrected chi connectivity index (χ2v) is 7.39. The summed E-state index contributed by atoms with van der Waals surface area (Å²) in [5, 5.41) is 9.74. The van der Waals surface area contributed by atoms with Crippen molar-refractivity contribution in [3.63, 3.8) is 0 Å². The van der Waals surface area contributed by atoms with Crippen LogP contribution in [0.1, 0.15) is 42.5 Å². The SMILES string of the molecule is COCCNC(c1nccs1)c1nc(C(C)(C)C)cs1. The van der Waals surface area contributed by atoms with Crippen LogP contribution in [0.4, 0.5) is 0 Å². The molecule has 0 aliphatic heterocycles. The molecular formula is C14H21N3OS2. The second kappa shape index (κ2) is 6.76. The topological polar surface area (TPSA) is 47.0 Å². The molecule has 0 aliphatic carbocycles. The van der Waals surface area contributed by atoms with Gasteiger partial charge in [0.15, 0.2) is 0 Å². The van der Waals surface area contributed by atoms with Crippen LogP contribution in [-0.2, 0) is 10.2 Å². The van der Waals surface area contributed by atoms with Gasteiger partial charge in [-0.3, -0.25) is 5.32 Å². The van der Waals surface area contributed by atoms with Gasteiger partial charge in [0, 0.05) is 36.0 Å². The number of hydrogen-bond donors (Lipinski definition) is 1. The van der Waals surface area contributed by atoms with E-state index in [1.54, 1.807) is 29.8 Å². The van der Waals surface area contributed by atoms with Crippen molar-refractivity contribution >= 4 is 22.7 Å². The molecule has 1 N–H and O–H groups in total. The van der Waals surface area contributed by atoms with Crippen molar-refractivity contribution in [1.29, 1.82) is 0 Å². The fraction of sp³-hybridized carbons (Fsp3) is 0.571. The van der Waals surface area contributed by atoms with Crippen LogP contribution in [0.2, 0.25) is 0 Å². The van der Waals surface area contributed by atoms with Gasteiger partial charge in [-0.1, -0.05) is 20.8 Å². The van der Waals surface area contributed by atoms with Crippen molar-refractivity contribution in [3.05, 3.63) is 32.7 Å². The molecule has 2 heterocycles. The van der Waals surface area contributed by atoms with Crippen LogP contribution in [0.25, 0.3) is 0 Å². The predicted molar refractivity (Wildman–Crippen MR) is 84.6 cm³/mol. The van der Waals surface area contributed by atoms with Gasteiger partial charge < -0.3 is 4.74 Å². The number of nitrogens with zero attached hydrogens (tertiary/aromatic N) is 2. The summed E-state index contributed by atoms with van der Waals surface area (Å²) < 4.78 is 5.11. The van der Waals surface area contributed by atoms with Crippen molar-refractivity contribution in [2.45, 2.75) is 32.2 Å². The van der Waals surface area contributed by atoms with Gasteiger partial charge in [0.05, 0.1) is 12.3 Å². The summed E-state index contributed by atoms with van der Waals surface area (Å²) in [7, 11) is 1.71. The van der Waals surface area contributed by atoms with Crippen molar-refractivity contribution in [2.75, 3.05) is 20.3 Å². The molecule has 1 unspecified atom stereocenters. The Morgan fingerprint density at radius 1 is 1.30 bits per heavy atom. The van der Waals surface area contributed by atoms with Gasteiger partial charge in [-0.15, -0.1) is 22.7 Å². The van der Waals surface area contributed by atoms with Crippen LogP contribution in [0.3, 0.4) is 0 Å². The molecule has 4 nitrogen and oxygen atoms in total. The Balaban J connectivity index is 2.20. The number of hydrogen-bond acceptors (Lipinski definition) is 6. The van der Waals surface area contributed by atoms with Crippen molar-refractivity contribution in [3.8, 4) is 0 Å². The summed E-state index contributed by atoms with van der Waals surface area (Å²) in [6, 6.07) is 0.0613. The van der Waals surface area contributed by atoms with Gasteiger partial charge in [-0.05, 0) is 0 Å². The van der Waals surface area contributed by atoms with E-state index in [2.05, 4.69) is 36.5 Å². The number of nitrogens with one attached hydrogen (secondary N) is 1. The molecule has 0 saturated carbocycles. The predicted octanol–water partition coefficient (Wildman–Crippen LogP) is 3.22. The Kier molecular flexibility index (Phi) is 5.26. The van der Waals surface area contributed by atoms with E-state index < -0.39 is 0 Å². The van der Waals surface area contributed by atoms with Crippen LogP contribution in [0, 0.1) is 0 Å². The zero-order valence-corrected chi connectivity index (χ0v) is 14.0. The molecule has 0 spiro atoms. The maximum atomic E-state index is 5.11. The molecule has 2 aromatic rings. The van der Waals surface area contributed by atoms with Gasteiger partial charge in [-0.25, -0.2) is 9.97 Å². The lowest BCUT2D eigenvalue weighted by molar-refractivity contribution is 0.197. The summed E-state index contributed by atoms with van der Waals surface area (Å²) >= 11 is 3.35. The van der Waals surface area contributed by atoms with E-state index in [0.717, 1.165) is 22.3 Å². The Bertz CT molecular complexity index is 517. The van der Waals surface area contributed by atoms with Crippen LogP contribution >= 0.6 is 22.7 Å². The first kappa shape index (κ1) is 15.6. The second-order valence-electron chi connectivity index (χ2n) is 5.57. The molecule has 1 atom stereocenters. The Labute approximate surface area is 128 Å². The molecule has 0 saturated heterocycles. The van der Waals surface area contributed by atoms with E-state index in [-0.39, 0.29) is 11.5 Å². The average Bonchev–Trinajstić information content (AvgIpc) is 3.05. The van der Waals surface area contributed by atoms with E-state index in [4.69, 9.17) is 9.72 Å². The zero-order valence-electron chi connectivity index (χ0n) is 12.3. The molecule has 0 fully saturated rings. The summed E-state index contributed by atoms with van der Waals surface area (Å²) in [4.78, 5) is 9.22. The van der Waals surface area contributed by atoms with E-state index in [0.29, 0.717) is 6.61 Å². The normalized spacial score (nSPS) is 13.6. The standard InChI is InChI=1S/C14H21N3OS2/c1-14(2,3)10-9-20-13(17-10)11(15-5-7-18-4)12-16-6-8-19-12/h6,8-9,11,15H,5,7H2,1-4H3. The largest absolute Gasteiger partial charge is 0.383 e. The first-order valence-corrected chi connectivity index (χ1v) is 8.36. The van der Waals surface area contributed by atoms with E-state index >= 15 is 0 Å². The highest BCUT2D eigenvalue weighted by Crippen LogP contribution is 2.30. The van der Waals surface area contributed by atoms with Crippen LogP contribution < -0.4 is 5.32 Å². The molecule has 0 aliphatic rings. The third-order valence-electron chi connectivity index (χ3n) is 2.89. The van der Waals surface area contributed by atoms with Crippen molar-refractivity contribution in [2.24, 2.45) is 0 Å². The molecule has 20 heavy (non-hydrogen) atoms. The summed E-state index contributed by atoms with van der Waals surface area (Å²) in [6.45, 7) is 8.01. The van der Waals surface area contributed by atoms with Gasteiger partial charge in [0.2, 0.25) is 0 Å². The Morgan fingerprint density at radius 2 is 2.10 bits per heavy atom. The minimum absolute atomic E-state index is 0.0613. The molecule has 0 radical (unpaired) electrons. The van der Waals surface area contributed by atoms with Gasteiger partial charge in [0.1, 0.15) is 16.1 Å². The van der Waals surface area contributed by atoms with Gasteiger partial charge in [0.25, 0.3) is 0 Å². The summed E-state index contributed by atoms with van der Waals surface area (Å²) in [5.74, 6) is 0. The average molecular weight is 311 g/mol. The quantitative estimate of drug-likeness (QED) is 0.832. The van der Waals surface area contributed by atoms with Crippen LogP contribution in [0.5, 0.6) is 0 Å². The smallest absolute Gasteiger partial charge is 0.117 e. The molecule has 0 amide bonds. The fourth-order valence-electron chi connectivity index (χ4n) is 1.73. The highest BCUT2D eigenvalue weighted by atomic mass is 32.1. The number of rotatable bonds is 6. The molecule has 110 valence electrons. The maximum absolute atomic E-state index is 5.11. The maximum Gasteiger partial charge on any atom is 0.117 e. The van der Waals surface area contributed by atoms with Gasteiger partial charge >= 0.3 is 0 Å². The van der Waals surface area contributed by atoms with Crippen molar-refractivity contribution in [1.82, 2.24) is 15.3 Å². The highest BCUT2D eigenvalue weighted by Gasteiger charge is 2.23. The first-order chi connectivity index (χ1) is 9.52. The summed E-state index contributed by atoms with van der Waals surface area (Å²) in [6.07, 6.45) is 1.84. The molecule has 6 heteroatoms. The third-order valence-corrected chi connectivity index (χ3v) is 4.64. The minimum Gasteiger partial charge on any atom is -0.383 e. The Morgan fingerprint density at radius 3 is 2.65 bits per heavy atom. The van der Waals surface area contributed by atoms with Crippen molar-refractivity contribution < 1.29 is 4.74 Å². The van der Waals surface area contributed by atoms with E-state index in [1.165, 1.54) is 0 Å². The summed E-state index contributed by atoms with van der Waals surface area (Å²) in [5.41, 5.74) is 1.21. The van der Waals surface area contributed by atoms with E-state index in [9.17, 15) is 0 Å².